The van der Waals surface area contributed by atoms with Crippen molar-refractivity contribution in [2.45, 2.75) is 25.8 Å². The van der Waals surface area contributed by atoms with Crippen LogP contribution in [0.25, 0.3) is 10.9 Å². The Kier molecular flexibility index (Phi) is 3.59. The van der Waals surface area contributed by atoms with E-state index in [0.29, 0.717) is 10.7 Å². The molecule has 20 heavy (non-hydrogen) atoms. The van der Waals surface area contributed by atoms with Gasteiger partial charge in [-0.1, -0.05) is 11.6 Å². The molecule has 2 N–H and O–H groups in total. The Morgan fingerprint density at radius 1 is 1.55 bits per heavy atom. The van der Waals surface area contributed by atoms with Crippen LogP contribution >= 0.6 is 11.6 Å². The second-order valence-electron chi connectivity index (χ2n) is 5.09. The van der Waals surface area contributed by atoms with Gasteiger partial charge in [0.05, 0.1) is 22.3 Å². The van der Waals surface area contributed by atoms with Gasteiger partial charge in [0.1, 0.15) is 0 Å². The lowest BCUT2D eigenvalue weighted by atomic mass is 10.1. The molecule has 4 nitrogen and oxygen atoms in total. The number of pyridine rings is 1. The molecule has 0 bridgehead atoms. The predicted octanol–water partition coefficient (Wildman–Crippen LogP) is 2.89. The van der Waals surface area contributed by atoms with Crippen LogP contribution in [0.1, 0.15) is 18.4 Å². The van der Waals surface area contributed by atoms with Crippen molar-refractivity contribution in [2.24, 2.45) is 0 Å². The summed E-state index contributed by atoms with van der Waals surface area (Å²) in [5.74, 6) is -0.0293. The first-order valence-electron chi connectivity index (χ1n) is 6.75. The van der Waals surface area contributed by atoms with Crippen molar-refractivity contribution in [3.8, 4) is 0 Å². The molecule has 2 heterocycles. The first-order chi connectivity index (χ1) is 9.66. The van der Waals surface area contributed by atoms with E-state index in [0.717, 1.165) is 35.9 Å². The fourth-order valence-electron chi connectivity index (χ4n) is 2.63. The minimum Gasteiger partial charge on any atom is -0.323 e. The van der Waals surface area contributed by atoms with Crippen LogP contribution in [0, 0.1) is 6.92 Å². The highest BCUT2D eigenvalue weighted by atomic mass is 35.5. The summed E-state index contributed by atoms with van der Waals surface area (Å²) in [7, 11) is 0. The molecule has 5 heteroatoms. The van der Waals surface area contributed by atoms with E-state index in [-0.39, 0.29) is 11.9 Å². The topological polar surface area (TPSA) is 54.0 Å². The Morgan fingerprint density at radius 2 is 2.40 bits per heavy atom. The minimum atomic E-state index is -0.126. The van der Waals surface area contributed by atoms with Crippen molar-refractivity contribution in [1.29, 1.82) is 0 Å². The van der Waals surface area contributed by atoms with Crippen LogP contribution in [0.15, 0.2) is 24.4 Å². The van der Waals surface area contributed by atoms with Gasteiger partial charge in [0.25, 0.3) is 0 Å². The number of hydrogen-bond acceptors (Lipinski definition) is 3. The van der Waals surface area contributed by atoms with E-state index >= 15 is 0 Å². The van der Waals surface area contributed by atoms with E-state index in [4.69, 9.17) is 11.6 Å². The minimum absolute atomic E-state index is 0.0293. The first kappa shape index (κ1) is 13.3. The van der Waals surface area contributed by atoms with Crippen LogP contribution in [-0.4, -0.2) is 23.5 Å². The molecule has 0 radical (unpaired) electrons. The summed E-state index contributed by atoms with van der Waals surface area (Å²) in [5.41, 5.74) is 2.52. The molecule has 1 fully saturated rings. The number of carbonyl (C=O) groups excluding carboxylic acids is 1. The molecule has 0 saturated carbocycles. The van der Waals surface area contributed by atoms with Gasteiger partial charge in [-0.3, -0.25) is 9.78 Å². The van der Waals surface area contributed by atoms with Gasteiger partial charge in [0.15, 0.2) is 0 Å². The molecule has 1 unspecified atom stereocenters. The zero-order valence-electron chi connectivity index (χ0n) is 11.2. The monoisotopic (exact) mass is 289 g/mol. The van der Waals surface area contributed by atoms with Crippen LogP contribution in [0.2, 0.25) is 5.02 Å². The Morgan fingerprint density at radius 3 is 3.15 bits per heavy atom. The Bertz CT molecular complexity index is 665. The number of anilines is 1. The first-order valence-corrected chi connectivity index (χ1v) is 7.12. The zero-order valence-corrected chi connectivity index (χ0v) is 12.0. The van der Waals surface area contributed by atoms with Gasteiger partial charge in [0, 0.05) is 11.6 Å². The number of aryl methyl sites for hydroxylation is 1. The third-order valence-electron chi connectivity index (χ3n) is 3.66. The van der Waals surface area contributed by atoms with Crippen molar-refractivity contribution >= 4 is 34.1 Å². The van der Waals surface area contributed by atoms with Gasteiger partial charge in [0.2, 0.25) is 5.91 Å². The maximum Gasteiger partial charge on any atom is 0.241 e. The third kappa shape index (κ3) is 2.37. The highest BCUT2D eigenvalue weighted by Crippen LogP contribution is 2.32. The SMILES string of the molecule is Cc1cc(Cl)c(NC(=O)C2CCCN2)c2cccnc12. The molecule has 1 amide bonds. The number of benzene rings is 1. The number of fused-ring (bicyclic) bond motifs is 1. The van der Waals surface area contributed by atoms with Crippen molar-refractivity contribution in [2.75, 3.05) is 11.9 Å². The largest absolute Gasteiger partial charge is 0.323 e. The van der Waals surface area contributed by atoms with Crippen LogP contribution in [0.3, 0.4) is 0 Å². The third-order valence-corrected chi connectivity index (χ3v) is 3.96. The van der Waals surface area contributed by atoms with Crippen molar-refractivity contribution in [1.82, 2.24) is 10.3 Å². The number of aromatic nitrogens is 1. The molecule has 0 aliphatic carbocycles. The van der Waals surface area contributed by atoms with E-state index in [1.807, 2.05) is 25.1 Å². The number of amides is 1. The quantitative estimate of drug-likeness (QED) is 0.894. The Labute approximate surface area is 122 Å². The lowest BCUT2D eigenvalue weighted by Gasteiger charge is -2.15. The number of halogens is 1. The second-order valence-corrected chi connectivity index (χ2v) is 5.50. The zero-order chi connectivity index (χ0) is 14.1. The molecule has 0 spiro atoms. The smallest absolute Gasteiger partial charge is 0.241 e. The Balaban J connectivity index is 2.00. The van der Waals surface area contributed by atoms with E-state index in [2.05, 4.69) is 15.6 Å². The molecular formula is C15H16ClN3O. The summed E-state index contributed by atoms with van der Waals surface area (Å²) in [6, 6.07) is 5.49. The average molecular weight is 290 g/mol. The van der Waals surface area contributed by atoms with Crippen LogP contribution in [-0.2, 0) is 4.79 Å². The molecular weight excluding hydrogens is 274 g/mol. The molecule has 1 aliphatic rings. The van der Waals surface area contributed by atoms with Crippen molar-refractivity contribution in [3.05, 3.63) is 35.0 Å². The molecule has 1 aliphatic heterocycles. The van der Waals surface area contributed by atoms with Crippen LogP contribution in [0.4, 0.5) is 5.69 Å². The lowest BCUT2D eigenvalue weighted by Crippen LogP contribution is -2.35. The standard InChI is InChI=1S/C15H16ClN3O/c1-9-8-11(16)14(10-4-2-7-18-13(9)10)19-15(20)12-5-3-6-17-12/h2,4,7-8,12,17H,3,5-6H2,1H3,(H,19,20). The fourth-order valence-corrected chi connectivity index (χ4v) is 2.94. The fraction of sp³-hybridized carbons (Fsp3) is 0.333. The summed E-state index contributed by atoms with van der Waals surface area (Å²) in [6.07, 6.45) is 3.64. The normalized spacial score (nSPS) is 18.4. The summed E-state index contributed by atoms with van der Waals surface area (Å²) in [4.78, 5) is 16.6. The molecule has 1 atom stereocenters. The van der Waals surface area contributed by atoms with Crippen LogP contribution in [0.5, 0.6) is 0 Å². The Hall–Kier alpha value is -1.65. The number of carbonyl (C=O) groups is 1. The number of nitrogens with zero attached hydrogens (tertiary/aromatic N) is 1. The van der Waals surface area contributed by atoms with Gasteiger partial charge in [-0.25, -0.2) is 0 Å². The predicted molar refractivity (Wildman–Crippen MR) is 81.1 cm³/mol. The summed E-state index contributed by atoms with van der Waals surface area (Å²) in [5, 5.41) is 7.56. The summed E-state index contributed by atoms with van der Waals surface area (Å²) < 4.78 is 0. The van der Waals surface area contributed by atoms with E-state index in [1.165, 1.54) is 0 Å². The average Bonchev–Trinajstić information content (AvgIpc) is 2.97. The molecule has 104 valence electrons. The lowest BCUT2D eigenvalue weighted by molar-refractivity contribution is -0.117. The van der Waals surface area contributed by atoms with Gasteiger partial charge < -0.3 is 10.6 Å². The van der Waals surface area contributed by atoms with Gasteiger partial charge in [-0.15, -0.1) is 0 Å². The maximum atomic E-state index is 12.2. The summed E-state index contributed by atoms with van der Waals surface area (Å²) in [6.45, 7) is 2.85. The maximum absolute atomic E-state index is 12.2. The van der Waals surface area contributed by atoms with Crippen LogP contribution < -0.4 is 10.6 Å². The van der Waals surface area contributed by atoms with E-state index in [1.54, 1.807) is 6.20 Å². The number of rotatable bonds is 2. The highest BCUT2D eigenvalue weighted by Gasteiger charge is 2.23. The highest BCUT2D eigenvalue weighted by molar-refractivity contribution is 6.35. The van der Waals surface area contributed by atoms with Crippen molar-refractivity contribution < 1.29 is 4.79 Å². The van der Waals surface area contributed by atoms with Gasteiger partial charge in [-0.05, 0) is 50.1 Å². The molecule has 1 saturated heterocycles. The number of nitrogens with one attached hydrogen (secondary N) is 2. The molecule has 1 aromatic heterocycles. The van der Waals surface area contributed by atoms with E-state index < -0.39 is 0 Å². The van der Waals surface area contributed by atoms with Crippen molar-refractivity contribution in [3.63, 3.8) is 0 Å². The molecule has 1 aromatic carbocycles. The molecule has 3 rings (SSSR count). The van der Waals surface area contributed by atoms with Gasteiger partial charge >= 0.3 is 0 Å². The summed E-state index contributed by atoms with van der Waals surface area (Å²) >= 11 is 6.30. The second kappa shape index (κ2) is 5.38. The number of hydrogen-bond donors (Lipinski definition) is 2. The molecule has 2 aromatic rings. The van der Waals surface area contributed by atoms with Gasteiger partial charge in [-0.2, -0.15) is 0 Å². The van der Waals surface area contributed by atoms with E-state index in [9.17, 15) is 4.79 Å².